The molecule has 0 aromatic heterocycles. The first kappa shape index (κ1) is 18.8. The summed E-state index contributed by atoms with van der Waals surface area (Å²) in [6.07, 6.45) is -1.29. The van der Waals surface area contributed by atoms with Gasteiger partial charge in [0, 0.05) is 14.7 Å². The molecule has 0 amide bonds. The maximum Gasteiger partial charge on any atom is 0.517 e. The molecule has 1 N–H and O–H groups in total. The molecular formula is C25H20O3S. The Labute approximate surface area is 171 Å². The number of hydrogen-bond donors (Lipinski definition) is 1. The second kappa shape index (κ2) is 8.25. The lowest BCUT2D eigenvalue weighted by Crippen LogP contribution is -2.11. The molecule has 0 aliphatic heterocycles. The van der Waals surface area contributed by atoms with Crippen molar-refractivity contribution in [1.82, 2.24) is 0 Å². The van der Waals surface area contributed by atoms with E-state index in [-0.39, 0.29) is 0 Å². The SMILES string of the molecule is O=C(O)OS(c1ccccc1)(c1ccccc1)c1ccc(-c2ccccc2)cc1. The first-order chi connectivity index (χ1) is 14.2. The van der Waals surface area contributed by atoms with Crippen LogP contribution >= 0.6 is 10.3 Å². The summed E-state index contributed by atoms with van der Waals surface area (Å²) < 4.78 is 5.74. The zero-order chi connectivity index (χ0) is 20.1. The molecule has 29 heavy (non-hydrogen) atoms. The number of carbonyl (C=O) groups is 1. The summed E-state index contributed by atoms with van der Waals surface area (Å²) in [6.45, 7) is 0. The quantitative estimate of drug-likeness (QED) is 0.384. The lowest BCUT2D eigenvalue weighted by molar-refractivity contribution is 0.150. The van der Waals surface area contributed by atoms with Crippen molar-refractivity contribution in [3.05, 3.63) is 115 Å². The minimum Gasteiger partial charge on any atom is -0.449 e. The minimum atomic E-state index is -2.43. The topological polar surface area (TPSA) is 46.5 Å². The van der Waals surface area contributed by atoms with E-state index in [0.29, 0.717) is 0 Å². The third kappa shape index (κ3) is 3.75. The molecule has 0 bridgehead atoms. The van der Waals surface area contributed by atoms with Gasteiger partial charge >= 0.3 is 6.16 Å². The fourth-order valence-corrected chi connectivity index (χ4v) is 6.27. The summed E-state index contributed by atoms with van der Waals surface area (Å²) in [5.74, 6) is 0. The average molecular weight is 400 g/mol. The molecule has 0 aliphatic rings. The molecule has 4 aromatic carbocycles. The van der Waals surface area contributed by atoms with E-state index in [1.807, 2.05) is 103 Å². The van der Waals surface area contributed by atoms with Gasteiger partial charge in [0.1, 0.15) is 0 Å². The zero-order valence-electron chi connectivity index (χ0n) is 15.6. The van der Waals surface area contributed by atoms with Crippen molar-refractivity contribution in [2.24, 2.45) is 0 Å². The van der Waals surface area contributed by atoms with Crippen LogP contribution in [0.5, 0.6) is 0 Å². The molecule has 4 rings (SSSR count). The van der Waals surface area contributed by atoms with Crippen molar-refractivity contribution in [3.8, 4) is 11.1 Å². The Morgan fingerprint density at radius 3 is 1.38 bits per heavy atom. The average Bonchev–Trinajstić information content (AvgIpc) is 2.79. The number of carboxylic acid groups (broad SMARTS) is 1. The summed E-state index contributed by atoms with van der Waals surface area (Å²) in [4.78, 5) is 14.3. The molecule has 0 spiro atoms. The van der Waals surface area contributed by atoms with Gasteiger partial charge < -0.3 is 9.29 Å². The fourth-order valence-electron chi connectivity index (χ4n) is 3.35. The predicted molar refractivity (Wildman–Crippen MR) is 116 cm³/mol. The van der Waals surface area contributed by atoms with E-state index in [1.54, 1.807) is 0 Å². The molecule has 144 valence electrons. The normalized spacial score (nSPS) is 11.6. The molecule has 0 heterocycles. The number of benzene rings is 4. The molecule has 0 aliphatic carbocycles. The molecular weight excluding hydrogens is 380 g/mol. The Kier molecular flexibility index (Phi) is 5.36. The molecule has 4 aromatic rings. The molecule has 0 unspecified atom stereocenters. The smallest absolute Gasteiger partial charge is 0.449 e. The first-order valence-electron chi connectivity index (χ1n) is 9.21. The van der Waals surface area contributed by atoms with Crippen LogP contribution in [0.15, 0.2) is 130 Å². The van der Waals surface area contributed by atoms with Crippen LogP contribution in [0.1, 0.15) is 0 Å². The minimum absolute atomic E-state index is 0.831. The van der Waals surface area contributed by atoms with Crippen molar-refractivity contribution in [3.63, 3.8) is 0 Å². The van der Waals surface area contributed by atoms with Gasteiger partial charge in [-0.2, -0.15) is 0 Å². The predicted octanol–water partition coefficient (Wildman–Crippen LogP) is 7.24. The highest BCUT2D eigenvalue weighted by Crippen LogP contribution is 2.69. The molecule has 0 radical (unpaired) electrons. The Hall–Kier alpha value is -3.50. The van der Waals surface area contributed by atoms with Crippen LogP contribution in [0.3, 0.4) is 0 Å². The van der Waals surface area contributed by atoms with Crippen LogP contribution in [0, 0.1) is 0 Å². The molecule has 0 saturated heterocycles. The third-order valence-corrected chi connectivity index (χ3v) is 7.84. The van der Waals surface area contributed by atoms with Gasteiger partial charge in [-0.15, -0.1) is 0 Å². The lowest BCUT2D eigenvalue weighted by atomic mass is 10.1. The molecule has 3 nitrogen and oxygen atoms in total. The van der Waals surface area contributed by atoms with Crippen LogP contribution in [-0.2, 0) is 4.18 Å². The number of rotatable bonds is 5. The zero-order valence-corrected chi connectivity index (χ0v) is 16.5. The van der Waals surface area contributed by atoms with Crippen LogP contribution in [0.4, 0.5) is 4.79 Å². The highest BCUT2D eigenvalue weighted by Gasteiger charge is 2.35. The summed E-state index contributed by atoms with van der Waals surface area (Å²) in [6, 6.07) is 37.2. The van der Waals surface area contributed by atoms with Crippen molar-refractivity contribution in [2.75, 3.05) is 0 Å². The van der Waals surface area contributed by atoms with E-state index in [9.17, 15) is 9.90 Å². The summed E-state index contributed by atoms with van der Waals surface area (Å²) in [5.41, 5.74) is 2.18. The fraction of sp³-hybridized carbons (Fsp3) is 0. The van der Waals surface area contributed by atoms with E-state index < -0.39 is 16.5 Å². The monoisotopic (exact) mass is 400 g/mol. The summed E-state index contributed by atoms with van der Waals surface area (Å²) in [7, 11) is -2.43. The van der Waals surface area contributed by atoms with Crippen molar-refractivity contribution in [2.45, 2.75) is 14.7 Å². The standard InChI is InChI=1S/C25H20O3S/c26-25(27)28-29(22-12-6-2-7-13-22,23-14-8-3-9-15-23)24-18-16-21(17-19-24)20-10-4-1-5-11-20/h1-19H,(H,26,27). The molecule has 0 atom stereocenters. The first-order valence-corrected chi connectivity index (χ1v) is 10.8. The van der Waals surface area contributed by atoms with Crippen LogP contribution in [0.25, 0.3) is 11.1 Å². The Morgan fingerprint density at radius 2 is 0.931 bits per heavy atom. The maximum absolute atomic E-state index is 11.8. The Bertz CT molecular complexity index is 1040. The highest BCUT2D eigenvalue weighted by molar-refractivity contribution is 8.30. The Morgan fingerprint density at radius 1 is 0.552 bits per heavy atom. The van der Waals surface area contributed by atoms with Gasteiger partial charge in [0.2, 0.25) is 0 Å². The molecule has 0 fully saturated rings. The maximum atomic E-state index is 11.8. The largest absolute Gasteiger partial charge is 0.517 e. The molecule has 0 saturated carbocycles. The van der Waals surface area contributed by atoms with Crippen molar-refractivity contribution >= 4 is 16.5 Å². The lowest BCUT2D eigenvalue weighted by Gasteiger charge is -2.38. The van der Waals surface area contributed by atoms with E-state index in [1.165, 1.54) is 0 Å². The second-order valence-corrected chi connectivity index (χ2v) is 9.12. The Balaban J connectivity index is 1.91. The van der Waals surface area contributed by atoms with E-state index in [0.717, 1.165) is 25.8 Å². The van der Waals surface area contributed by atoms with Gasteiger partial charge in [-0.05, 0) is 57.8 Å². The molecule has 4 heteroatoms. The highest BCUT2D eigenvalue weighted by atomic mass is 32.3. The van der Waals surface area contributed by atoms with Crippen molar-refractivity contribution in [1.29, 1.82) is 0 Å². The van der Waals surface area contributed by atoms with Crippen LogP contribution in [0.2, 0.25) is 0 Å². The summed E-state index contributed by atoms with van der Waals surface area (Å²) in [5, 5.41) is 9.66. The van der Waals surface area contributed by atoms with E-state index in [4.69, 9.17) is 4.18 Å². The van der Waals surface area contributed by atoms with Gasteiger partial charge in [0.05, 0.1) is 0 Å². The van der Waals surface area contributed by atoms with E-state index >= 15 is 0 Å². The van der Waals surface area contributed by atoms with Gasteiger partial charge in [-0.25, -0.2) is 4.79 Å². The number of hydrogen-bond acceptors (Lipinski definition) is 2. The van der Waals surface area contributed by atoms with Crippen LogP contribution < -0.4 is 0 Å². The van der Waals surface area contributed by atoms with Gasteiger partial charge in [-0.1, -0.05) is 78.9 Å². The van der Waals surface area contributed by atoms with Crippen molar-refractivity contribution < 1.29 is 14.1 Å². The third-order valence-electron chi connectivity index (χ3n) is 4.64. The van der Waals surface area contributed by atoms with E-state index in [2.05, 4.69) is 12.1 Å². The van der Waals surface area contributed by atoms with Crippen LogP contribution in [-0.4, -0.2) is 11.3 Å². The second-order valence-electron chi connectivity index (χ2n) is 6.42. The van der Waals surface area contributed by atoms with Gasteiger partial charge in [0.25, 0.3) is 0 Å². The van der Waals surface area contributed by atoms with Gasteiger partial charge in [-0.3, -0.25) is 0 Å². The van der Waals surface area contributed by atoms with Gasteiger partial charge in [0.15, 0.2) is 0 Å². The summed E-state index contributed by atoms with van der Waals surface area (Å²) >= 11 is 0.